The summed E-state index contributed by atoms with van der Waals surface area (Å²) in [5.41, 5.74) is -2.92. The molecule has 0 fully saturated rings. The number of aromatic nitrogens is 1. The molecule has 1 rings (SSSR count). The highest BCUT2D eigenvalue weighted by Gasteiger charge is 2.57. The van der Waals surface area contributed by atoms with E-state index in [2.05, 4.69) is 4.98 Å². The monoisotopic (exact) mass is 287 g/mol. The van der Waals surface area contributed by atoms with Gasteiger partial charge in [-0.15, -0.1) is 0 Å². The van der Waals surface area contributed by atoms with Gasteiger partial charge in [0.05, 0.1) is 16.9 Å². The summed E-state index contributed by atoms with van der Waals surface area (Å²) in [6.45, 7) is 3.50. The Kier molecular flexibility index (Phi) is 3.94. The lowest BCUT2D eigenvalue weighted by Gasteiger charge is -2.30. The van der Waals surface area contributed by atoms with Crippen molar-refractivity contribution in [2.75, 3.05) is 5.32 Å². The molecule has 0 aliphatic carbocycles. The van der Waals surface area contributed by atoms with Gasteiger partial charge in [0.25, 0.3) is 0 Å². The fourth-order valence-electron chi connectivity index (χ4n) is 1.58. The van der Waals surface area contributed by atoms with Gasteiger partial charge in [-0.05, 0) is 26.8 Å². The van der Waals surface area contributed by atoms with E-state index in [0.717, 1.165) is 0 Å². The number of carbonyl (C=O) groups is 1. The highest BCUT2D eigenvalue weighted by atomic mass is 19.4. The van der Waals surface area contributed by atoms with Crippen LogP contribution in [-0.2, 0) is 4.79 Å². The molecule has 5 nitrogen and oxygen atoms in total. The van der Waals surface area contributed by atoms with Gasteiger partial charge in [0.15, 0.2) is 0 Å². The summed E-state index contributed by atoms with van der Waals surface area (Å²) in [5, 5.41) is 19.7. The molecular weight excluding hydrogens is 275 g/mol. The number of nitrogens with zero attached hydrogens (tertiary/aromatic N) is 2. The number of nitriles is 1. The zero-order valence-corrected chi connectivity index (χ0v) is 11.0. The van der Waals surface area contributed by atoms with Gasteiger partial charge >= 0.3 is 12.1 Å². The topological polar surface area (TPSA) is 86.0 Å². The number of halogens is 3. The van der Waals surface area contributed by atoms with E-state index in [1.54, 1.807) is 6.07 Å². The Balaban J connectivity index is 3.41. The number of carboxylic acid groups (broad SMARTS) is 1. The van der Waals surface area contributed by atoms with Crippen LogP contribution >= 0.6 is 0 Å². The van der Waals surface area contributed by atoms with E-state index in [1.807, 2.05) is 5.32 Å². The standard InChI is InChI=1S/C12H12F3N3O2/c1-6-4-9(8(5-16)7(2)17-6)18-11(3,10(19)20)12(13,14)15/h4H,1-3H3,(H,17,18)(H,19,20). The van der Waals surface area contributed by atoms with Crippen molar-refractivity contribution in [2.45, 2.75) is 32.5 Å². The number of anilines is 1. The maximum absolute atomic E-state index is 12.9. The zero-order valence-electron chi connectivity index (χ0n) is 11.0. The molecule has 1 atom stereocenters. The van der Waals surface area contributed by atoms with Crippen molar-refractivity contribution in [3.8, 4) is 6.07 Å². The minimum Gasteiger partial charge on any atom is -0.479 e. The summed E-state index contributed by atoms with van der Waals surface area (Å²) in [4.78, 5) is 14.9. The average Bonchev–Trinajstić information content (AvgIpc) is 2.26. The van der Waals surface area contributed by atoms with Crippen molar-refractivity contribution >= 4 is 11.7 Å². The number of pyridine rings is 1. The molecule has 0 radical (unpaired) electrons. The van der Waals surface area contributed by atoms with Crippen LogP contribution in [0, 0.1) is 25.2 Å². The van der Waals surface area contributed by atoms with Gasteiger partial charge < -0.3 is 10.4 Å². The van der Waals surface area contributed by atoms with Gasteiger partial charge in [-0.1, -0.05) is 0 Å². The van der Waals surface area contributed by atoms with Crippen LogP contribution in [0.5, 0.6) is 0 Å². The second-order valence-electron chi connectivity index (χ2n) is 4.44. The van der Waals surface area contributed by atoms with Crippen LogP contribution < -0.4 is 5.32 Å². The van der Waals surface area contributed by atoms with Gasteiger partial charge in [-0.2, -0.15) is 18.4 Å². The van der Waals surface area contributed by atoms with E-state index in [1.165, 1.54) is 19.9 Å². The maximum atomic E-state index is 12.9. The fraction of sp³-hybridized carbons (Fsp3) is 0.417. The Bertz CT molecular complexity index is 593. The van der Waals surface area contributed by atoms with E-state index in [4.69, 9.17) is 10.4 Å². The molecule has 0 aliphatic rings. The Morgan fingerprint density at radius 1 is 1.45 bits per heavy atom. The molecule has 1 heterocycles. The Labute approximate surface area is 113 Å². The van der Waals surface area contributed by atoms with Crippen molar-refractivity contribution in [2.24, 2.45) is 0 Å². The van der Waals surface area contributed by atoms with Crippen LogP contribution in [0.15, 0.2) is 6.07 Å². The smallest absolute Gasteiger partial charge is 0.422 e. The molecule has 0 bridgehead atoms. The van der Waals surface area contributed by atoms with Crippen molar-refractivity contribution < 1.29 is 23.1 Å². The molecule has 0 saturated carbocycles. The first-order valence-corrected chi connectivity index (χ1v) is 5.49. The van der Waals surface area contributed by atoms with Crippen LogP contribution in [0.4, 0.5) is 18.9 Å². The van der Waals surface area contributed by atoms with E-state index in [0.29, 0.717) is 12.6 Å². The van der Waals surface area contributed by atoms with E-state index in [-0.39, 0.29) is 16.9 Å². The number of nitrogens with one attached hydrogen (secondary N) is 1. The van der Waals surface area contributed by atoms with Crippen LogP contribution in [0.25, 0.3) is 0 Å². The minimum atomic E-state index is -5.03. The molecule has 108 valence electrons. The van der Waals surface area contributed by atoms with Crippen LogP contribution in [0.3, 0.4) is 0 Å². The van der Waals surface area contributed by atoms with Gasteiger partial charge in [0, 0.05) is 5.69 Å². The van der Waals surface area contributed by atoms with Crippen molar-refractivity contribution in [1.82, 2.24) is 4.98 Å². The number of hydrogen-bond donors (Lipinski definition) is 2. The fourth-order valence-corrected chi connectivity index (χ4v) is 1.58. The van der Waals surface area contributed by atoms with E-state index >= 15 is 0 Å². The quantitative estimate of drug-likeness (QED) is 0.891. The third-order valence-electron chi connectivity index (χ3n) is 2.82. The lowest BCUT2D eigenvalue weighted by Crippen LogP contribution is -2.55. The molecule has 8 heteroatoms. The van der Waals surface area contributed by atoms with Gasteiger partial charge in [0.1, 0.15) is 6.07 Å². The summed E-state index contributed by atoms with van der Waals surface area (Å²) in [6, 6.07) is 2.93. The van der Waals surface area contributed by atoms with E-state index < -0.39 is 17.7 Å². The summed E-state index contributed by atoms with van der Waals surface area (Å²) in [7, 11) is 0. The minimum absolute atomic E-state index is 0.118. The van der Waals surface area contributed by atoms with E-state index in [9.17, 15) is 18.0 Å². The van der Waals surface area contributed by atoms with Gasteiger partial charge in [0.2, 0.25) is 5.54 Å². The molecule has 0 spiro atoms. The lowest BCUT2D eigenvalue weighted by atomic mass is 10.00. The zero-order chi connectivity index (χ0) is 15.7. The van der Waals surface area contributed by atoms with Crippen molar-refractivity contribution in [3.05, 3.63) is 23.0 Å². The summed E-state index contributed by atoms with van der Waals surface area (Å²) < 4.78 is 38.8. The molecular formula is C12H12F3N3O2. The molecule has 20 heavy (non-hydrogen) atoms. The summed E-state index contributed by atoms with van der Waals surface area (Å²) in [6.07, 6.45) is -5.03. The van der Waals surface area contributed by atoms with Gasteiger partial charge in [-0.3, -0.25) is 4.98 Å². The summed E-state index contributed by atoms with van der Waals surface area (Å²) >= 11 is 0. The molecule has 0 saturated heterocycles. The Morgan fingerprint density at radius 3 is 2.40 bits per heavy atom. The molecule has 0 aliphatic heterocycles. The van der Waals surface area contributed by atoms with Crippen molar-refractivity contribution in [1.29, 1.82) is 5.26 Å². The molecule has 1 aromatic heterocycles. The first-order chi connectivity index (χ1) is 9.02. The predicted molar refractivity (Wildman–Crippen MR) is 64.1 cm³/mol. The van der Waals surface area contributed by atoms with Crippen LogP contribution in [0.2, 0.25) is 0 Å². The highest BCUT2D eigenvalue weighted by Crippen LogP contribution is 2.35. The second-order valence-corrected chi connectivity index (χ2v) is 4.44. The SMILES string of the molecule is Cc1cc(NC(C)(C(=O)O)C(F)(F)F)c(C#N)c(C)n1. The van der Waals surface area contributed by atoms with Crippen molar-refractivity contribution in [3.63, 3.8) is 0 Å². The first-order valence-electron chi connectivity index (χ1n) is 5.49. The number of aliphatic carboxylic acids is 1. The highest BCUT2D eigenvalue weighted by molar-refractivity contribution is 5.84. The molecule has 2 N–H and O–H groups in total. The Morgan fingerprint density at radius 2 is 2.00 bits per heavy atom. The molecule has 0 aromatic carbocycles. The normalized spacial score (nSPS) is 14.2. The van der Waals surface area contributed by atoms with Gasteiger partial charge in [-0.25, -0.2) is 4.79 Å². The van der Waals surface area contributed by atoms with Crippen LogP contribution in [-0.4, -0.2) is 27.8 Å². The first kappa shape index (κ1) is 15.8. The number of rotatable bonds is 3. The largest absolute Gasteiger partial charge is 0.479 e. The number of carboxylic acids is 1. The third kappa shape index (κ3) is 2.66. The second kappa shape index (κ2) is 5.00. The predicted octanol–water partition coefficient (Wildman–Crippen LogP) is 2.39. The molecule has 1 aromatic rings. The Hall–Kier alpha value is -2.30. The summed E-state index contributed by atoms with van der Waals surface area (Å²) in [5.74, 6) is -2.08. The molecule has 1 unspecified atom stereocenters. The lowest BCUT2D eigenvalue weighted by molar-refractivity contribution is -0.192. The number of alkyl halides is 3. The maximum Gasteiger partial charge on any atom is 0.422 e. The van der Waals surface area contributed by atoms with Crippen LogP contribution in [0.1, 0.15) is 23.9 Å². The number of aryl methyl sites for hydroxylation is 2. The molecule has 0 amide bonds. The number of hydrogen-bond acceptors (Lipinski definition) is 4. The third-order valence-corrected chi connectivity index (χ3v) is 2.82. The average molecular weight is 287 g/mol.